The van der Waals surface area contributed by atoms with Crippen LogP contribution in [0.25, 0.3) is 0 Å². The van der Waals surface area contributed by atoms with Crippen molar-refractivity contribution in [3.63, 3.8) is 0 Å². The minimum absolute atomic E-state index is 0.0425. The number of phenolic OH excluding ortho intramolecular Hbond substituents is 1. The smallest absolute Gasteiger partial charge is 0.248 e. The quantitative estimate of drug-likeness (QED) is 0.593. The van der Waals surface area contributed by atoms with E-state index in [-0.39, 0.29) is 29.8 Å². The van der Waals surface area contributed by atoms with Crippen molar-refractivity contribution in [2.45, 2.75) is 75.9 Å². The fourth-order valence-electron chi connectivity index (χ4n) is 5.57. The lowest BCUT2D eigenvalue weighted by molar-refractivity contribution is -0.127. The van der Waals surface area contributed by atoms with Gasteiger partial charge in [-0.3, -0.25) is 4.79 Å². The van der Waals surface area contributed by atoms with E-state index in [1.807, 2.05) is 0 Å². The molecule has 1 aromatic carbocycles. The molecule has 0 radical (unpaired) electrons. The summed E-state index contributed by atoms with van der Waals surface area (Å²) >= 11 is 6.38. The molecule has 0 aliphatic heterocycles. The van der Waals surface area contributed by atoms with Gasteiger partial charge in [0.15, 0.2) is 11.6 Å². The molecule has 4 rings (SSSR count). The highest BCUT2D eigenvalue weighted by atomic mass is 35.5. The maximum absolute atomic E-state index is 15.0. The molecule has 0 spiro atoms. The molecule has 8 heteroatoms. The summed E-state index contributed by atoms with van der Waals surface area (Å²) in [6.45, 7) is 1.60. The van der Waals surface area contributed by atoms with Crippen LogP contribution in [0, 0.1) is 24.1 Å². The van der Waals surface area contributed by atoms with Crippen molar-refractivity contribution in [3.8, 4) is 5.75 Å². The van der Waals surface area contributed by atoms with Crippen molar-refractivity contribution in [1.29, 1.82) is 0 Å². The predicted molar refractivity (Wildman–Crippen MR) is 100 cm³/mol. The molecule has 2 N–H and O–H groups in total. The second-order valence-electron chi connectivity index (χ2n) is 9.18. The number of carbonyl (C=O) groups excluding carboxylic acids is 1. The standard InChI is InChI=1S/C21H24ClF4NO2/c1-11-8-13(28)16(23)14(15(11)22)17(19-4-6-20(24,10-19)7-5-19)27-18(29)12-2-3-21(25,26)9-12/h8,12,17,28H,2-7,9-10H2,1H3,(H,27,29)/t12-,17-,19?,20?/m1/s1. The summed E-state index contributed by atoms with van der Waals surface area (Å²) in [6.07, 6.45) is 0.738. The van der Waals surface area contributed by atoms with Crippen molar-refractivity contribution in [3.05, 3.63) is 28.0 Å². The van der Waals surface area contributed by atoms with E-state index in [2.05, 4.69) is 5.32 Å². The fraction of sp³-hybridized carbons (Fsp3) is 0.667. The monoisotopic (exact) mass is 433 g/mol. The Bertz CT molecular complexity index is 825. The Labute approximate surface area is 171 Å². The number of amides is 1. The lowest BCUT2D eigenvalue weighted by Crippen LogP contribution is -2.42. The van der Waals surface area contributed by atoms with Gasteiger partial charge in [-0.2, -0.15) is 0 Å². The summed E-state index contributed by atoms with van der Waals surface area (Å²) in [5.74, 6) is -5.94. The van der Waals surface area contributed by atoms with Gasteiger partial charge in [-0.1, -0.05) is 11.6 Å². The Hall–Kier alpha value is -1.50. The highest BCUT2D eigenvalue weighted by Crippen LogP contribution is 2.64. The molecule has 3 aliphatic rings. The Morgan fingerprint density at radius 2 is 1.90 bits per heavy atom. The van der Waals surface area contributed by atoms with Crippen LogP contribution >= 0.6 is 11.6 Å². The van der Waals surface area contributed by atoms with E-state index in [9.17, 15) is 23.1 Å². The zero-order chi connectivity index (χ0) is 21.2. The van der Waals surface area contributed by atoms with Crippen molar-refractivity contribution in [2.75, 3.05) is 0 Å². The predicted octanol–water partition coefficient (Wildman–Crippen LogP) is 5.76. The van der Waals surface area contributed by atoms with Gasteiger partial charge in [0.1, 0.15) is 5.67 Å². The highest BCUT2D eigenvalue weighted by Gasteiger charge is 2.59. The Morgan fingerprint density at radius 3 is 2.41 bits per heavy atom. The molecular weight excluding hydrogens is 410 g/mol. The largest absolute Gasteiger partial charge is 0.505 e. The lowest BCUT2D eigenvalue weighted by atomic mass is 9.73. The first kappa shape index (κ1) is 20.8. The molecule has 1 aromatic rings. The summed E-state index contributed by atoms with van der Waals surface area (Å²) in [7, 11) is 0. The normalized spacial score (nSPS) is 33.8. The molecule has 2 atom stereocenters. The van der Waals surface area contributed by atoms with Gasteiger partial charge in [0.05, 0.1) is 11.1 Å². The number of aromatic hydroxyl groups is 1. The van der Waals surface area contributed by atoms with Crippen LogP contribution in [0.3, 0.4) is 0 Å². The van der Waals surface area contributed by atoms with Gasteiger partial charge in [-0.25, -0.2) is 17.6 Å². The van der Waals surface area contributed by atoms with E-state index in [0.717, 1.165) is 0 Å². The summed E-state index contributed by atoms with van der Waals surface area (Å²) in [5, 5.41) is 12.8. The third-order valence-electron chi connectivity index (χ3n) is 7.17. The van der Waals surface area contributed by atoms with Crippen molar-refractivity contribution in [1.82, 2.24) is 5.32 Å². The first-order valence-corrected chi connectivity index (χ1v) is 10.4. The van der Waals surface area contributed by atoms with Crippen molar-refractivity contribution >= 4 is 17.5 Å². The fourth-order valence-corrected chi connectivity index (χ4v) is 5.82. The Kier molecular flexibility index (Phi) is 4.84. The first-order valence-electron chi connectivity index (χ1n) is 10.00. The van der Waals surface area contributed by atoms with E-state index >= 15 is 4.39 Å². The molecule has 0 aromatic heterocycles. The molecule has 1 amide bonds. The number of alkyl halides is 3. The van der Waals surface area contributed by atoms with Gasteiger partial charge in [-0.05, 0) is 62.5 Å². The number of halogens is 5. The molecule has 3 fully saturated rings. The number of nitrogens with one attached hydrogen (secondary N) is 1. The molecule has 3 saturated carbocycles. The SMILES string of the molecule is Cc1cc(O)c(F)c([C@@H](NC(=O)[C@@H]2CCC(F)(F)C2)C23CCC(F)(CC2)C3)c1Cl. The molecule has 3 nitrogen and oxygen atoms in total. The third kappa shape index (κ3) is 3.49. The van der Waals surface area contributed by atoms with Crippen LogP contribution in [0.1, 0.15) is 68.5 Å². The average molecular weight is 434 g/mol. The summed E-state index contributed by atoms with van der Waals surface area (Å²) in [5.41, 5.74) is -1.77. The van der Waals surface area contributed by atoms with E-state index in [1.54, 1.807) is 6.92 Å². The first-order chi connectivity index (χ1) is 13.5. The maximum Gasteiger partial charge on any atom is 0.248 e. The number of fused-ring (bicyclic) bond motifs is 2. The van der Waals surface area contributed by atoms with Crippen LogP contribution in [0.15, 0.2) is 6.07 Å². The number of phenols is 1. The van der Waals surface area contributed by atoms with Crippen LogP contribution in [-0.4, -0.2) is 22.6 Å². The molecule has 0 unspecified atom stereocenters. The highest BCUT2D eigenvalue weighted by molar-refractivity contribution is 6.32. The number of carbonyl (C=O) groups is 1. The average Bonchev–Trinajstić information content (AvgIpc) is 3.29. The number of hydrogen-bond donors (Lipinski definition) is 2. The summed E-state index contributed by atoms with van der Waals surface area (Å²) in [6, 6.07) is 0.209. The van der Waals surface area contributed by atoms with E-state index in [4.69, 9.17) is 11.6 Å². The summed E-state index contributed by atoms with van der Waals surface area (Å²) < 4.78 is 57.1. The molecule has 160 valence electrons. The van der Waals surface area contributed by atoms with Crippen LogP contribution in [-0.2, 0) is 4.79 Å². The van der Waals surface area contributed by atoms with Crippen LogP contribution in [0.2, 0.25) is 5.02 Å². The van der Waals surface area contributed by atoms with Gasteiger partial charge in [0.2, 0.25) is 11.8 Å². The lowest BCUT2D eigenvalue weighted by Gasteiger charge is -2.38. The van der Waals surface area contributed by atoms with Gasteiger partial charge in [0, 0.05) is 24.3 Å². The number of aryl methyl sites for hydroxylation is 1. The maximum atomic E-state index is 15.0. The van der Waals surface area contributed by atoms with E-state index < -0.39 is 52.9 Å². The molecule has 3 aliphatic carbocycles. The molecule has 0 heterocycles. The van der Waals surface area contributed by atoms with E-state index in [0.29, 0.717) is 31.2 Å². The van der Waals surface area contributed by atoms with Gasteiger partial charge >= 0.3 is 0 Å². The minimum atomic E-state index is -2.89. The number of hydrogen-bond acceptors (Lipinski definition) is 2. The molecule has 2 bridgehead atoms. The van der Waals surface area contributed by atoms with E-state index in [1.165, 1.54) is 6.07 Å². The molecule has 29 heavy (non-hydrogen) atoms. The van der Waals surface area contributed by atoms with Crippen LogP contribution in [0.4, 0.5) is 17.6 Å². The van der Waals surface area contributed by atoms with Crippen molar-refractivity contribution in [2.24, 2.45) is 11.3 Å². The molecular formula is C21H24ClF4NO2. The number of benzene rings is 1. The molecule has 0 saturated heterocycles. The van der Waals surface area contributed by atoms with Crippen LogP contribution < -0.4 is 5.32 Å². The Morgan fingerprint density at radius 1 is 1.24 bits per heavy atom. The summed E-state index contributed by atoms with van der Waals surface area (Å²) in [4.78, 5) is 12.9. The van der Waals surface area contributed by atoms with Gasteiger partial charge in [0.25, 0.3) is 0 Å². The topological polar surface area (TPSA) is 49.3 Å². The minimum Gasteiger partial charge on any atom is -0.505 e. The zero-order valence-electron chi connectivity index (χ0n) is 16.1. The van der Waals surface area contributed by atoms with Gasteiger partial charge in [-0.15, -0.1) is 0 Å². The number of rotatable bonds is 4. The third-order valence-corrected chi connectivity index (χ3v) is 7.67. The second-order valence-corrected chi connectivity index (χ2v) is 9.56. The zero-order valence-corrected chi connectivity index (χ0v) is 16.9. The van der Waals surface area contributed by atoms with Crippen LogP contribution in [0.5, 0.6) is 5.75 Å². The Balaban J connectivity index is 1.73. The van der Waals surface area contributed by atoms with Gasteiger partial charge < -0.3 is 10.4 Å². The van der Waals surface area contributed by atoms with Crippen molar-refractivity contribution < 1.29 is 27.5 Å². The second kappa shape index (κ2) is 6.76.